The second-order valence-corrected chi connectivity index (χ2v) is 17.1. The first-order chi connectivity index (χ1) is 31.2. The van der Waals surface area contributed by atoms with Crippen LogP contribution in [-0.4, -0.2) is 24.1 Å². The van der Waals surface area contributed by atoms with E-state index in [-0.39, 0.29) is 0 Å². The summed E-state index contributed by atoms with van der Waals surface area (Å²) in [5, 5.41) is 7.13. The Morgan fingerprint density at radius 3 is 1.40 bits per heavy atom. The zero-order valence-corrected chi connectivity index (χ0v) is 34.7. The molecule has 0 amide bonds. The fourth-order valence-corrected chi connectivity index (χ4v) is 10.6. The number of nitrogens with zero attached hydrogens (tertiary/aromatic N) is 5. The highest BCUT2D eigenvalue weighted by Crippen LogP contribution is 2.42. The van der Waals surface area contributed by atoms with E-state index < -0.39 is 0 Å². The number of thiophene rings is 1. The number of aromatic nitrogens is 5. The minimum Gasteiger partial charge on any atom is -0.307 e. The lowest BCUT2D eigenvalue weighted by molar-refractivity contribution is 0.953. The lowest BCUT2D eigenvalue weighted by Gasteiger charge is -2.13. The van der Waals surface area contributed by atoms with E-state index in [1.807, 2.05) is 0 Å². The van der Waals surface area contributed by atoms with E-state index in [2.05, 4.69) is 221 Å². The van der Waals surface area contributed by atoms with E-state index >= 15 is 0 Å². The monoisotopic (exact) mass is 821 g/mol. The molecule has 9 aromatic carbocycles. The van der Waals surface area contributed by atoms with Crippen LogP contribution in [0.5, 0.6) is 0 Å². The maximum absolute atomic E-state index is 5.43. The van der Waals surface area contributed by atoms with Crippen LogP contribution in [0.2, 0.25) is 0 Å². The molecule has 0 N–H and O–H groups in total. The molecule has 0 atom stereocenters. The van der Waals surface area contributed by atoms with E-state index in [4.69, 9.17) is 15.0 Å². The van der Waals surface area contributed by atoms with Gasteiger partial charge in [0.25, 0.3) is 0 Å². The third-order valence-corrected chi connectivity index (χ3v) is 13.5. The summed E-state index contributed by atoms with van der Waals surface area (Å²) in [5.41, 5.74) is 12.0. The molecule has 0 fully saturated rings. The molecule has 0 saturated heterocycles. The molecule has 5 nitrogen and oxygen atoms in total. The van der Waals surface area contributed by atoms with Crippen LogP contribution in [0.1, 0.15) is 0 Å². The van der Waals surface area contributed by atoms with Crippen molar-refractivity contribution in [3.63, 3.8) is 0 Å². The van der Waals surface area contributed by atoms with Crippen molar-refractivity contribution in [3.8, 4) is 56.7 Å². The number of benzene rings is 9. The molecule has 13 rings (SSSR count). The van der Waals surface area contributed by atoms with Crippen molar-refractivity contribution in [2.75, 3.05) is 0 Å². The molecule has 0 spiro atoms. The van der Waals surface area contributed by atoms with E-state index in [1.165, 1.54) is 42.1 Å². The SMILES string of the molecule is c1ccc(-c2ccc(-c3ccc(-c4nc(-c5ccc6c(c5)sc5ccccc56)nc(-n5c6ccccc6c6ccc7c8ccccc8n(-c8ccccc8)c7c65)n4)cc3)cc2)cc1. The van der Waals surface area contributed by atoms with Gasteiger partial charge in [-0.2, -0.15) is 9.97 Å². The van der Waals surface area contributed by atoms with Crippen molar-refractivity contribution < 1.29 is 0 Å². The molecule has 13 aromatic rings. The Morgan fingerprint density at radius 2 is 0.746 bits per heavy atom. The summed E-state index contributed by atoms with van der Waals surface area (Å²) in [6.45, 7) is 0. The topological polar surface area (TPSA) is 48.5 Å². The predicted molar refractivity (Wildman–Crippen MR) is 263 cm³/mol. The molecule has 0 bridgehead atoms. The zero-order chi connectivity index (χ0) is 41.4. The van der Waals surface area contributed by atoms with E-state index in [9.17, 15) is 0 Å². The molecule has 6 heteroatoms. The number of hydrogen-bond acceptors (Lipinski definition) is 4. The molecule has 0 unspecified atom stereocenters. The Labute approximate surface area is 366 Å². The smallest absolute Gasteiger partial charge is 0.238 e. The Morgan fingerprint density at radius 1 is 0.302 bits per heavy atom. The average molecular weight is 822 g/mol. The zero-order valence-electron chi connectivity index (χ0n) is 33.9. The van der Waals surface area contributed by atoms with Crippen LogP contribution in [0, 0.1) is 0 Å². The minimum atomic E-state index is 0.565. The largest absolute Gasteiger partial charge is 0.307 e. The molecule has 4 aromatic heterocycles. The molecule has 0 radical (unpaired) electrons. The van der Waals surface area contributed by atoms with Crippen LogP contribution >= 0.6 is 11.3 Å². The fraction of sp³-hybridized carbons (Fsp3) is 0. The quantitative estimate of drug-likeness (QED) is 0.168. The Balaban J connectivity index is 1.05. The highest BCUT2D eigenvalue weighted by atomic mass is 32.1. The Kier molecular flexibility index (Phi) is 8.01. The Hall–Kier alpha value is -8.19. The van der Waals surface area contributed by atoms with Gasteiger partial charge in [0.15, 0.2) is 11.6 Å². The van der Waals surface area contributed by atoms with Gasteiger partial charge < -0.3 is 4.57 Å². The minimum absolute atomic E-state index is 0.565. The number of fused-ring (bicyclic) bond motifs is 10. The van der Waals surface area contributed by atoms with Gasteiger partial charge in [-0.1, -0.05) is 176 Å². The fourth-order valence-electron chi connectivity index (χ4n) is 9.44. The first-order valence-corrected chi connectivity index (χ1v) is 22.0. The van der Waals surface area contributed by atoms with Gasteiger partial charge in [-0.3, -0.25) is 4.57 Å². The standard InChI is InChI=1S/C57H35N5S/c1-3-13-36(14-4-1)37-23-25-38(26-24-37)39-27-29-40(30-28-39)55-58-56(41-31-32-46-45-19-9-12-22-51(45)63-52(46)35-41)60-57(59-55)62-50-21-11-8-18-44(50)48-34-33-47-43-17-7-10-20-49(43)61(53(47)54(48)62)42-15-5-2-6-16-42/h1-35H. The summed E-state index contributed by atoms with van der Waals surface area (Å²) in [6, 6.07) is 75.6. The first-order valence-electron chi connectivity index (χ1n) is 21.2. The third-order valence-electron chi connectivity index (χ3n) is 12.4. The highest BCUT2D eigenvalue weighted by molar-refractivity contribution is 7.25. The van der Waals surface area contributed by atoms with Crippen molar-refractivity contribution >= 4 is 75.1 Å². The predicted octanol–water partition coefficient (Wildman–Crippen LogP) is 15.1. The molecule has 4 heterocycles. The van der Waals surface area contributed by atoms with E-state index in [0.29, 0.717) is 17.6 Å². The average Bonchev–Trinajstić information content (AvgIpc) is 4.02. The van der Waals surface area contributed by atoms with Crippen LogP contribution in [0.25, 0.3) is 120 Å². The molecule has 63 heavy (non-hydrogen) atoms. The molecule has 294 valence electrons. The summed E-state index contributed by atoms with van der Waals surface area (Å²) in [5.74, 6) is 1.80. The third kappa shape index (κ3) is 5.73. The van der Waals surface area contributed by atoms with Gasteiger partial charge >= 0.3 is 0 Å². The second kappa shape index (κ2) is 14.2. The van der Waals surface area contributed by atoms with Crippen LogP contribution in [0.4, 0.5) is 0 Å². The lowest BCUT2D eigenvalue weighted by Crippen LogP contribution is -2.07. The molecule has 0 saturated carbocycles. The van der Waals surface area contributed by atoms with Gasteiger partial charge in [0.2, 0.25) is 5.95 Å². The molecule has 0 aliphatic rings. The van der Waals surface area contributed by atoms with E-state index in [1.54, 1.807) is 11.3 Å². The lowest BCUT2D eigenvalue weighted by atomic mass is 9.99. The van der Waals surface area contributed by atoms with Gasteiger partial charge in [0, 0.05) is 58.5 Å². The molecular weight excluding hydrogens is 787 g/mol. The normalized spacial score (nSPS) is 11.8. The van der Waals surface area contributed by atoms with Crippen LogP contribution < -0.4 is 0 Å². The van der Waals surface area contributed by atoms with Crippen molar-refractivity contribution in [1.29, 1.82) is 0 Å². The number of hydrogen-bond donors (Lipinski definition) is 0. The van der Waals surface area contributed by atoms with E-state index in [0.717, 1.165) is 60.8 Å². The summed E-state index contributed by atoms with van der Waals surface area (Å²) < 4.78 is 7.12. The van der Waals surface area contributed by atoms with Crippen molar-refractivity contribution in [3.05, 3.63) is 212 Å². The summed E-state index contributed by atoms with van der Waals surface area (Å²) in [6.07, 6.45) is 0. The van der Waals surface area contributed by atoms with Crippen molar-refractivity contribution in [2.24, 2.45) is 0 Å². The number of rotatable bonds is 6. The Bertz CT molecular complexity index is 3880. The van der Waals surface area contributed by atoms with Gasteiger partial charge in [-0.05, 0) is 58.7 Å². The number of para-hydroxylation sites is 3. The van der Waals surface area contributed by atoms with Crippen LogP contribution in [-0.2, 0) is 0 Å². The summed E-state index contributed by atoms with van der Waals surface area (Å²) in [7, 11) is 0. The molecular formula is C57H35N5S. The molecule has 0 aliphatic carbocycles. The maximum atomic E-state index is 5.43. The van der Waals surface area contributed by atoms with Gasteiger partial charge in [-0.15, -0.1) is 11.3 Å². The second-order valence-electron chi connectivity index (χ2n) is 16.0. The van der Waals surface area contributed by atoms with Crippen molar-refractivity contribution in [2.45, 2.75) is 0 Å². The van der Waals surface area contributed by atoms with Gasteiger partial charge in [0.05, 0.1) is 22.1 Å². The first kappa shape index (κ1) is 35.6. The van der Waals surface area contributed by atoms with Gasteiger partial charge in [-0.25, -0.2) is 4.98 Å². The van der Waals surface area contributed by atoms with Crippen molar-refractivity contribution in [1.82, 2.24) is 24.1 Å². The maximum Gasteiger partial charge on any atom is 0.238 e. The highest BCUT2D eigenvalue weighted by Gasteiger charge is 2.23. The molecule has 0 aliphatic heterocycles. The summed E-state index contributed by atoms with van der Waals surface area (Å²) in [4.78, 5) is 16.1. The van der Waals surface area contributed by atoms with Gasteiger partial charge in [0.1, 0.15) is 0 Å². The summed E-state index contributed by atoms with van der Waals surface area (Å²) >= 11 is 1.80. The van der Waals surface area contributed by atoms with Crippen LogP contribution in [0.15, 0.2) is 212 Å². The van der Waals surface area contributed by atoms with Crippen LogP contribution in [0.3, 0.4) is 0 Å².